The van der Waals surface area contributed by atoms with Crippen molar-refractivity contribution >= 4 is 0 Å². The molecule has 0 bridgehead atoms. The summed E-state index contributed by atoms with van der Waals surface area (Å²) in [5, 5.41) is 0. The van der Waals surface area contributed by atoms with Gasteiger partial charge in [0.2, 0.25) is 0 Å². The Bertz CT molecular complexity index is 81.3. The van der Waals surface area contributed by atoms with E-state index in [4.69, 9.17) is 11.5 Å². The number of hydrogen-bond donors (Lipinski definition) is 2. The van der Waals surface area contributed by atoms with Crippen LogP contribution in [0.4, 0.5) is 0 Å². The minimum atomic E-state index is 0.244. The monoisotopic (exact) mass is 159 g/mol. The Morgan fingerprint density at radius 3 is 1.64 bits per heavy atom. The lowest BCUT2D eigenvalue weighted by atomic mass is 10.3. The smallest absolute Gasteiger partial charge is 0.0139 e. The van der Waals surface area contributed by atoms with E-state index in [9.17, 15) is 0 Å². The Kier molecular flexibility index (Phi) is 5.46. The second-order valence-corrected chi connectivity index (χ2v) is 3.31. The summed E-state index contributed by atoms with van der Waals surface area (Å²) >= 11 is 0. The molecule has 0 heterocycles. The third-order valence-corrected chi connectivity index (χ3v) is 1.54. The molecule has 0 fully saturated rings. The Balaban J connectivity index is 3.58. The van der Waals surface area contributed by atoms with Gasteiger partial charge in [-0.1, -0.05) is 6.92 Å². The molecule has 0 aromatic carbocycles. The highest BCUT2D eigenvalue weighted by Gasteiger charge is 2.06. The predicted molar refractivity (Wildman–Crippen MR) is 49.4 cm³/mol. The van der Waals surface area contributed by atoms with Crippen LogP contribution in [0.15, 0.2) is 0 Å². The van der Waals surface area contributed by atoms with Gasteiger partial charge in [0.15, 0.2) is 0 Å². The summed E-state index contributed by atoms with van der Waals surface area (Å²) in [6.45, 7) is 9.08. The van der Waals surface area contributed by atoms with Crippen LogP contribution in [0.25, 0.3) is 0 Å². The fourth-order valence-electron chi connectivity index (χ4n) is 1.15. The van der Waals surface area contributed by atoms with Gasteiger partial charge in [0, 0.05) is 25.2 Å². The lowest BCUT2D eigenvalue weighted by Crippen LogP contribution is -2.41. The van der Waals surface area contributed by atoms with Crippen LogP contribution in [-0.2, 0) is 0 Å². The lowest BCUT2D eigenvalue weighted by Gasteiger charge is -2.23. The summed E-state index contributed by atoms with van der Waals surface area (Å²) in [7, 11) is 0. The van der Waals surface area contributed by atoms with Gasteiger partial charge in [0.25, 0.3) is 0 Å². The summed E-state index contributed by atoms with van der Waals surface area (Å²) in [6.07, 6.45) is 0. The predicted octanol–water partition coefficient (Wildman–Crippen LogP) is 0.00270. The summed E-state index contributed by atoms with van der Waals surface area (Å²) in [4.78, 5) is 2.27. The maximum absolute atomic E-state index is 5.66. The van der Waals surface area contributed by atoms with E-state index in [1.807, 2.05) is 13.8 Å². The zero-order valence-electron chi connectivity index (χ0n) is 7.88. The summed E-state index contributed by atoms with van der Waals surface area (Å²) < 4.78 is 0. The minimum Gasteiger partial charge on any atom is -0.327 e. The molecular formula is C8H21N3. The first-order chi connectivity index (χ1) is 5.06. The Morgan fingerprint density at radius 2 is 1.45 bits per heavy atom. The second kappa shape index (κ2) is 5.52. The fraction of sp³-hybridized carbons (Fsp3) is 1.00. The van der Waals surface area contributed by atoms with Crippen molar-refractivity contribution in [3.8, 4) is 0 Å². The molecule has 3 nitrogen and oxygen atoms in total. The molecule has 0 rings (SSSR count). The van der Waals surface area contributed by atoms with Gasteiger partial charge in [-0.15, -0.1) is 0 Å². The van der Waals surface area contributed by atoms with Crippen LogP contribution in [0, 0.1) is 0 Å². The van der Waals surface area contributed by atoms with E-state index in [1.165, 1.54) is 0 Å². The summed E-state index contributed by atoms with van der Waals surface area (Å²) in [6, 6.07) is 0.488. The number of rotatable bonds is 5. The van der Waals surface area contributed by atoms with Gasteiger partial charge in [-0.25, -0.2) is 0 Å². The van der Waals surface area contributed by atoms with E-state index in [0.29, 0.717) is 0 Å². The highest BCUT2D eigenvalue weighted by Crippen LogP contribution is 1.91. The molecule has 0 saturated carbocycles. The van der Waals surface area contributed by atoms with E-state index in [-0.39, 0.29) is 12.1 Å². The van der Waals surface area contributed by atoms with Crippen molar-refractivity contribution in [3.63, 3.8) is 0 Å². The van der Waals surface area contributed by atoms with Crippen LogP contribution in [0.3, 0.4) is 0 Å². The van der Waals surface area contributed by atoms with Gasteiger partial charge < -0.3 is 16.4 Å². The maximum Gasteiger partial charge on any atom is 0.0139 e. The van der Waals surface area contributed by atoms with E-state index in [2.05, 4.69) is 11.8 Å². The molecular weight excluding hydrogens is 138 g/mol. The molecule has 0 radical (unpaired) electrons. The number of hydrogen-bond acceptors (Lipinski definition) is 3. The fourth-order valence-corrected chi connectivity index (χ4v) is 1.15. The number of nitrogens with zero attached hydrogens (tertiary/aromatic N) is 1. The molecule has 2 unspecified atom stereocenters. The van der Waals surface area contributed by atoms with Crippen molar-refractivity contribution in [1.29, 1.82) is 0 Å². The van der Waals surface area contributed by atoms with Crippen molar-refractivity contribution in [1.82, 2.24) is 4.90 Å². The van der Waals surface area contributed by atoms with E-state index in [1.54, 1.807) is 0 Å². The third kappa shape index (κ3) is 6.28. The molecule has 2 atom stereocenters. The van der Waals surface area contributed by atoms with Crippen molar-refractivity contribution in [2.45, 2.75) is 32.9 Å². The van der Waals surface area contributed by atoms with E-state index in [0.717, 1.165) is 19.6 Å². The van der Waals surface area contributed by atoms with E-state index < -0.39 is 0 Å². The number of nitrogens with two attached hydrogens (primary N) is 2. The van der Waals surface area contributed by atoms with Gasteiger partial charge in [0.1, 0.15) is 0 Å². The molecule has 0 aliphatic rings. The van der Waals surface area contributed by atoms with Gasteiger partial charge in [-0.3, -0.25) is 0 Å². The molecule has 68 valence electrons. The summed E-state index contributed by atoms with van der Waals surface area (Å²) in [5.41, 5.74) is 11.3. The minimum absolute atomic E-state index is 0.244. The quantitative estimate of drug-likeness (QED) is 0.594. The highest BCUT2D eigenvalue weighted by atomic mass is 15.1. The average Bonchev–Trinajstić information content (AvgIpc) is 1.84. The highest BCUT2D eigenvalue weighted by molar-refractivity contribution is 4.66. The molecule has 0 aliphatic heterocycles. The second-order valence-electron chi connectivity index (χ2n) is 3.31. The molecule has 0 aliphatic carbocycles. The van der Waals surface area contributed by atoms with Gasteiger partial charge >= 0.3 is 0 Å². The van der Waals surface area contributed by atoms with Gasteiger partial charge in [0.05, 0.1) is 0 Å². The normalized spacial score (nSPS) is 16.9. The standard InChI is InChI=1S/C8H21N3/c1-4-11(5-7(2)9)6-8(3)10/h7-8H,4-6,9-10H2,1-3H3. The first kappa shape index (κ1) is 10.9. The van der Waals surface area contributed by atoms with Crippen LogP contribution >= 0.6 is 0 Å². The molecule has 0 aromatic rings. The van der Waals surface area contributed by atoms with Gasteiger partial charge in [-0.05, 0) is 20.4 Å². The average molecular weight is 159 g/mol. The van der Waals surface area contributed by atoms with Crippen LogP contribution in [0.2, 0.25) is 0 Å². The lowest BCUT2D eigenvalue weighted by molar-refractivity contribution is 0.262. The van der Waals surface area contributed by atoms with Crippen LogP contribution in [0.1, 0.15) is 20.8 Å². The molecule has 0 amide bonds. The molecule has 11 heavy (non-hydrogen) atoms. The number of likely N-dealkylation sites (N-methyl/N-ethyl adjacent to an activating group) is 1. The first-order valence-electron chi connectivity index (χ1n) is 4.29. The zero-order valence-corrected chi connectivity index (χ0v) is 7.88. The van der Waals surface area contributed by atoms with Crippen LogP contribution < -0.4 is 11.5 Å². The SMILES string of the molecule is CCN(CC(C)N)CC(C)N. The largest absolute Gasteiger partial charge is 0.327 e. The van der Waals surface area contributed by atoms with Crippen molar-refractivity contribution in [2.24, 2.45) is 11.5 Å². The molecule has 0 spiro atoms. The third-order valence-electron chi connectivity index (χ3n) is 1.54. The summed E-state index contributed by atoms with van der Waals surface area (Å²) in [5.74, 6) is 0. The van der Waals surface area contributed by atoms with Crippen molar-refractivity contribution in [3.05, 3.63) is 0 Å². The Labute approximate surface area is 69.7 Å². The molecule has 4 N–H and O–H groups in total. The molecule has 3 heteroatoms. The maximum atomic E-state index is 5.66. The Morgan fingerprint density at radius 1 is 1.09 bits per heavy atom. The molecule has 0 saturated heterocycles. The zero-order chi connectivity index (χ0) is 8.85. The van der Waals surface area contributed by atoms with Gasteiger partial charge in [-0.2, -0.15) is 0 Å². The topological polar surface area (TPSA) is 55.3 Å². The van der Waals surface area contributed by atoms with Crippen molar-refractivity contribution in [2.75, 3.05) is 19.6 Å². The van der Waals surface area contributed by atoms with Crippen LogP contribution in [-0.4, -0.2) is 36.6 Å². The Hall–Kier alpha value is -0.120. The van der Waals surface area contributed by atoms with Crippen LogP contribution in [0.5, 0.6) is 0 Å². The first-order valence-corrected chi connectivity index (χ1v) is 4.29. The molecule has 0 aromatic heterocycles. The van der Waals surface area contributed by atoms with E-state index >= 15 is 0 Å². The van der Waals surface area contributed by atoms with Crippen molar-refractivity contribution < 1.29 is 0 Å².